The number of carbonyl (C=O) groups excluding carboxylic acids is 1. The Morgan fingerprint density at radius 2 is 2.00 bits per heavy atom. The van der Waals surface area contributed by atoms with Gasteiger partial charge in [-0.05, 0) is 44.7 Å². The molecule has 1 saturated heterocycles. The highest BCUT2D eigenvalue weighted by atomic mass is 35.5. The molecule has 3 N–H and O–H groups in total. The molecular weight excluding hydrogens is 540 g/mol. The zero-order valence-corrected chi connectivity index (χ0v) is 22.0. The summed E-state index contributed by atoms with van der Waals surface area (Å²) in [5.41, 5.74) is -1.69. The van der Waals surface area contributed by atoms with E-state index in [0.717, 1.165) is 12.3 Å². The Kier molecular flexibility index (Phi) is 9.10. The van der Waals surface area contributed by atoms with Gasteiger partial charge in [-0.2, -0.15) is 0 Å². The van der Waals surface area contributed by atoms with Crippen molar-refractivity contribution in [1.29, 1.82) is 0 Å². The molecule has 36 heavy (non-hydrogen) atoms. The van der Waals surface area contributed by atoms with E-state index in [0.29, 0.717) is 10.3 Å². The molecule has 1 fully saturated rings. The molecule has 0 radical (unpaired) electrons. The minimum atomic E-state index is -3.51. The van der Waals surface area contributed by atoms with Crippen molar-refractivity contribution in [3.63, 3.8) is 0 Å². The summed E-state index contributed by atoms with van der Waals surface area (Å²) in [5, 5.41) is 10.4. The summed E-state index contributed by atoms with van der Waals surface area (Å²) in [5.74, 6) is -0.266. The molecule has 2 heterocycles. The normalized spacial score (nSPS) is 26.4. The first-order chi connectivity index (χ1) is 16.8. The smallest absolute Gasteiger partial charge is 0.330 e. The lowest BCUT2D eigenvalue weighted by Gasteiger charge is -2.28. The van der Waals surface area contributed by atoms with Crippen LogP contribution in [0.25, 0.3) is 0 Å². The molecule has 15 heteroatoms. The molecule has 1 aromatic heterocycles. The number of nitrogens with zero attached hydrogens (tertiary/aromatic N) is 1. The Hall–Kier alpha value is -2.12. The molecule has 0 saturated carbocycles. The molecule has 0 amide bonds. The van der Waals surface area contributed by atoms with Crippen molar-refractivity contribution >= 4 is 36.0 Å². The molecule has 6 atom stereocenters. The number of aromatic nitrogens is 2. The maximum atomic E-state index is 15.2. The Morgan fingerprint density at radius 3 is 2.61 bits per heavy atom. The molecule has 11 nitrogen and oxygen atoms in total. The molecule has 198 valence electrons. The molecule has 3 rings (SSSR count). The lowest BCUT2D eigenvalue weighted by molar-refractivity contribution is -0.149. The molecule has 0 aliphatic carbocycles. The number of benzene rings is 1. The van der Waals surface area contributed by atoms with Crippen LogP contribution in [0.4, 0.5) is 4.39 Å². The van der Waals surface area contributed by atoms with Gasteiger partial charge in [-0.25, -0.2) is 14.3 Å². The Morgan fingerprint density at radius 1 is 1.33 bits per heavy atom. The number of H-pyrrole nitrogens is 1. The maximum Gasteiger partial charge on any atom is 0.330 e. The second kappa shape index (κ2) is 11.5. The second-order valence-electron chi connectivity index (χ2n) is 8.20. The molecule has 0 spiro atoms. The van der Waals surface area contributed by atoms with Crippen molar-refractivity contribution in [3.05, 3.63) is 63.4 Å². The van der Waals surface area contributed by atoms with Crippen LogP contribution in [0.2, 0.25) is 0 Å². The van der Waals surface area contributed by atoms with Gasteiger partial charge >= 0.3 is 18.3 Å². The number of aliphatic hydroxyl groups is 1. The van der Waals surface area contributed by atoms with Crippen LogP contribution in [0.5, 0.6) is 5.75 Å². The fraction of sp³-hybridized carbons (Fsp3) is 0.476. The number of halogens is 2. The predicted molar refractivity (Wildman–Crippen MR) is 132 cm³/mol. The third kappa shape index (κ3) is 6.80. The van der Waals surface area contributed by atoms with E-state index in [9.17, 15) is 19.5 Å². The highest BCUT2D eigenvalue weighted by Crippen LogP contribution is 2.48. The van der Waals surface area contributed by atoms with E-state index in [4.69, 9.17) is 41.9 Å². The lowest BCUT2D eigenvalue weighted by atomic mass is 10.1. The number of para-hydroxylation sites is 1. The number of carbonyl (C=O) groups is 1. The van der Waals surface area contributed by atoms with E-state index in [2.05, 4.69) is 5.09 Å². The standard InChI is InChI=1S/C21H26ClFN3O8PS/c1-12(2)32-18(29)13(3)25-35(36,34-14-7-5-4-6-8-14)31-11-15-17(28)21(22,23)19(33-15)26-10-9-16(27)24-20(26)30/h4-10,12-13,15,17,19,28H,11H2,1-3H3,(H,25,36)(H,24,27,30)/t13?,15-,17-,19-,21-,35?/m1/s1. The Labute approximate surface area is 215 Å². The molecule has 2 aromatic rings. The predicted octanol–water partition coefficient (Wildman–Crippen LogP) is 1.95. The average Bonchev–Trinajstić information content (AvgIpc) is 3.01. The third-order valence-electron chi connectivity index (χ3n) is 4.92. The van der Waals surface area contributed by atoms with Crippen LogP contribution in [0.3, 0.4) is 0 Å². The van der Waals surface area contributed by atoms with Gasteiger partial charge in [0.15, 0.2) is 6.23 Å². The highest BCUT2D eigenvalue weighted by Gasteiger charge is 2.58. The van der Waals surface area contributed by atoms with Crippen molar-refractivity contribution in [3.8, 4) is 5.75 Å². The summed E-state index contributed by atoms with van der Waals surface area (Å²) < 4.78 is 38.3. The molecule has 2 unspecified atom stereocenters. The largest absolute Gasteiger partial charge is 0.462 e. The number of ether oxygens (including phenoxy) is 2. The fourth-order valence-corrected chi connectivity index (χ4v) is 5.94. The SMILES string of the molecule is CC(C)OC(=O)C(C)NP(=S)(OC[C@H]1O[C@@H](n2ccc(=O)[nH]c2=O)[C@@](F)(Cl)[C@@H]1O)Oc1ccccc1. The summed E-state index contributed by atoms with van der Waals surface area (Å²) >= 11 is 11.5. The van der Waals surface area contributed by atoms with Crippen molar-refractivity contribution in [2.75, 3.05) is 6.61 Å². The molecule has 1 aliphatic rings. The number of aliphatic hydroxyl groups excluding tert-OH is 1. The molecule has 1 aromatic carbocycles. The van der Waals surface area contributed by atoms with Gasteiger partial charge in [0, 0.05) is 12.3 Å². The van der Waals surface area contributed by atoms with E-state index >= 15 is 4.39 Å². The minimum absolute atomic E-state index is 0.334. The number of hydrogen-bond donors (Lipinski definition) is 3. The van der Waals surface area contributed by atoms with Crippen molar-refractivity contribution in [1.82, 2.24) is 14.6 Å². The van der Waals surface area contributed by atoms with Crippen LogP contribution in [-0.4, -0.2) is 56.7 Å². The first-order valence-electron chi connectivity index (χ1n) is 10.8. The Bertz CT molecular complexity index is 1230. The third-order valence-corrected chi connectivity index (χ3v) is 7.83. The van der Waals surface area contributed by atoms with Gasteiger partial charge in [0.05, 0.1) is 12.7 Å². The Balaban J connectivity index is 1.80. The molecule has 0 bridgehead atoms. The highest BCUT2D eigenvalue weighted by molar-refractivity contribution is 8.09. The minimum Gasteiger partial charge on any atom is -0.462 e. The van der Waals surface area contributed by atoms with Crippen LogP contribution in [0, 0.1) is 0 Å². The summed E-state index contributed by atoms with van der Waals surface area (Å²) in [6.07, 6.45) is -4.50. The number of aromatic amines is 1. The van der Waals surface area contributed by atoms with E-state index in [1.54, 1.807) is 44.2 Å². The summed E-state index contributed by atoms with van der Waals surface area (Å²) in [4.78, 5) is 37.7. The first-order valence-corrected chi connectivity index (χ1v) is 13.8. The van der Waals surface area contributed by atoms with E-state index < -0.39 is 60.1 Å². The van der Waals surface area contributed by atoms with E-state index in [-0.39, 0.29) is 6.10 Å². The van der Waals surface area contributed by atoms with Gasteiger partial charge in [-0.15, -0.1) is 0 Å². The van der Waals surface area contributed by atoms with Crippen molar-refractivity contribution < 1.29 is 32.8 Å². The zero-order chi connectivity index (χ0) is 26.7. The fourth-order valence-electron chi connectivity index (χ4n) is 3.22. The van der Waals surface area contributed by atoms with Gasteiger partial charge in [-0.1, -0.05) is 29.8 Å². The van der Waals surface area contributed by atoms with Gasteiger partial charge in [-0.3, -0.25) is 19.1 Å². The molecule has 1 aliphatic heterocycles. The topological polar surface area (TPSA) is 141 Å². The first kappa shape index (κ1) is 28.5. The average molecular weight is 566 g/mol. The van der Waals surface area contributed by atoms with Crippen LogP contribution in [-0.2, 0) is 30.6 Å². The van der Waals surface area contributed by atoms with Crippen LogP contribution in [0.1, 0.15) is 27.0 Å². The van der Waals surface area contributed by atoms with Gasteiger partial charge < -0.3 is 23.6 Å². The van der Waals surface area contributed by atoms with Crippen LogP contribution >= 0.6 is 18.2 Å². The second-order valence-corrected chi connectivity index (χ2v) is 11.9. The summed E-state index contributed by atoms with van der Waals surface area (Å²) in [6.45, 7) is 0.859. The monoisotopic (exact) mass is 565 g/mol. The zero-order valence-electron chi connectivity index (χ0n) is 19.5. The number of alkyl halides is 2. The number of hydrogen-bond acceptors (Lipinski definition) is 9. The molecular formula is C21H26ClFN3O8PS. The van der Waals surface area contributed by atoms with E-state index in [1.165, 1.54) is 6.92 Å². The number of nitrogens with one attached hydrogen (secondary N) is 2. The van der Waals surface area contributed by atoms with Gasteiger partial charge in [0.1, 0.15) is 24.0 Å². The number of rotatable bonds is 10. The summed E-state index contributed by atoms with van der Waals surface area (Å²) in [7, 11) is 0. The van der Waals surface area contributed by atoms with Crippen molar-refractivity contribution in [2.24, 2.45) is 0 Å². The lowest BCUT2D eigenvalue weighted by Crippen LogP contribution is -2.42. The van der Waals surface area contributed by atoms with Crippen LogP contribution in [0.15, 0.2) is 52.2 Å². The van der Waals surface area contributed by atoms with Gasteiger partial charge in [0.2, 0.25) is 0 Å². The quantitative estimate of drug-likeness (QED) is 0.222. The van der Waals surface area contributed by atoms with E-state index in [1.807, 2.05) is 4.98 Å². The van der Waals surface area contributed by atoms with Crippen LogP contribution < -0.4 is 20.9 Å². The van der Waals surface area contributed by atoms with Gasteiger partial charge in [0.25, 0.3) is 10.7 Å². The van der Waals surface area contributed by atoms with Crippen molar-refractivity contribution in [2.45, 2.75) is 56.5 Å². The number of esters is 1. The maximum absolute atomic E-state index is 15.2. The summed E-state index contributed by atoms with van der Waals surface area (Å²) in [6, 6.07) is 8.44.